The Morgan fingerprint density at radius 1 is 1.22 bits per heavy atom. The predicted molar refractivity (Wildman–Crippen MR) is 40.2 cm³/mol. The number of hydrogen-bond acceptors (Lipinski definition) is 2. The summed E-state index contributed by atoms with van der Waals surface area (Å²) >= 11 is 0.828. The van der Waals surface area contributed by atoms with Crippen LogP contribution in [0.3, 0.4) is 0 Å². The Balaban J connectivity index is 2.60. The highest BCUT2D eigenvalue weighted by molar-refractivity contribution is 5.97. The van der Waals surface area contributed by atoms with Crippen LogP contribution in [0.15, 0.2) is 0 Å². The molecule has 2 nitrogen and oxygen atoms in total. The van der Waals surface area contributed by atoms with Gasteiger partial charge in [0.05, 0.1) is 6.61 Å². The molecule has 0 atom stereocenters. The highest BCUT2D eigenvalue weighted by Gasteiger charge is 1.84. The van der Waals surface area contributed by atoms with Gasteiger partial charge in [-0.05, 0) is 6.42 Å². The van der Waals surface area contributed by atoms with Gasteiger partial charge in [-0.3, -0.25) is 0 Å². The summed E-state index contributed by atoms with van der Waals surface area (Å²) in [6.07, 6.45) is 2.38. The summed E-state index contributed by atoms with van der Waals surface area (Å²) in [7, 11) is 0. The van der Waals surface area contributed by atoms with Crippen LogP contribution in [0.5, 0.6) is 0 Å². The van der Waals surface area contributed by atoms with Crippen molar-refractivity contribution in [3.8, 4) is 0 Å². The zero-order valence-electron chi connectivity index (χ0n) is 6.35. The van der Waals surface area contributed by atoms with Gasteiger partial charge in [0.1, 0.15) is 0 Å². The first kappa shape index (κ1) is 9.45. The SMILES string of the molecule is CCCCOCC[O][AlH2]. The van der Waals surface area contributed by atoms with Crippen LogP contribution >= 0.6 is 0 Å². The zero-order valence-corrected chi connectivity index (χ0v) is 8.35. The summed E-state index contributed by atoms with van der Waals surface area (Å²) < 4.78 is 10.1. The van der Waals surface area contributed by atoms with Gasteiger partial charge in [-0.1, -0.05) is 13.3 Å². The van der Waals surface area contributed by atoms with Gasteiger partial charge in [-0.2, -0.15) is 0 Å². The minimum Gasteiger partial charge on any atom is -0.504 e. The molecule has 0 rings (SSSR count). The van der Waals surface area contributed by atoms with E-state index in [1.165, 1.54) is 12.8 Å². The van der Waals surface area contributed by atoms with E-state index in [-0.39, 0.29) is 0 Å². The minimum atomic E-state index is 0.767. The van der Waals surface area contributed by atoms with Crippen molar-refractivity contribution < 1.29 is 8.53 Å². The van der Waals surface area contributed by atoms with Crippen LogP contribution in [0, 0.1) is 0 Å². The average Bonchev–Trinajstić information content (AvgIpc) is 1.89. The Kier molecular flexibility index (Phi) is 8.88. The fourth-order valence-electron chi connectivity index (χ4n) is 0.491. The van der Waals surface area contributed by atoms with Crippen LogP contribution in [-0.4, -0.2) is 36.4 Å². The topological polar surface area (TPSA) is 18.5 Å². The van der Waals surface area contributed by atoms with Gasteiger partial charge in [-0.15, -0.1) is 0 Å². The molecule has 0 N–H and O–H groups in total. The summed E-state index contributed by atoms with van der Waals surface area (Å²) in [4.78, 5) is 0. The largest absolute Gasteiger partial charge is 0.504 e. The lowest BCUT2D eigenvalue weighted by molar-refractivity contribution is 0.101. The molecule has 54 valence electrons. The molecule has 0 bridgehead atoms. The quantitative estimate of drug-likeness (QED) is 0.398. The van der Waals surface area contributed by atoms with E-state index in [9.17, 15) is 0 Å². The van der Waals surface area contributed by atoms with Crippen LogP contribution in [0.2, 0.25) is 0 Å². The van der Waals surface area contributed by atoms with Gasteiger partial charge in [0.25, 0.3) is 0 Å². The Morgan fingerprint density at radius 2 is 2.00 bits per heavy atom. The molecule has 3 heteroatoms. The second-order valence-electron chi connectivity index (χ2n) is 1.96. The van der Waals surface area contributed by atoms with Crippen molar-refractivity contribution >= 4 is 16.6 Å². The molecule has 0 unspecified atom stereocenters. The van der Waals surface area contributed by atoms with Gasteiger partial charge in [0, 0.05) is 13.2 Å². The summed E-state index contributed by atoms with van der Waals surface area (Å²) in [6, 6.07) is 0. The first-order valence-corrected chi connectivity index (χ1v) is 4.30. The van der Waals surface area contributed by atoms with Crippen molar-refractivity contribution in [2.24, 2.45) is 0 Å². The molecule has 0 aliphatic rings. The van der Waals surface area contributed by atoms with Crippen LogP contribution in [-0.2, 0) is 8.53 Å². The monoisotopic (exact) mass is 146 g/mol. The predicted octanol–water partition coefficient (Wildman–Crippen LogP) is 0.368. The Labute approximate surface area is 65.3 Å². The maximum Gasteiger partial charge on any atom is 0.410 e. The maximum atomic E-state index is 5.21. The molecule has 0 spiro atoms. The summed E-state index contributed by atoms with van der Waals surface area (Å²) in [5.41, 5.74) is 0. The van der Waals surface area contributed by atoms with Crippen molar-refractivity contribution in [1.82, 2.24) is 0 Å². The van der Waals surface area contributed by atoms with Crippen LogP contribution in [0.1, 0.15) is 19.8 Å². The normalized spacial score (nSPS) is 9.89. The third kappa shape index (κ3) is 8.45. The van der Waals surface area contributed by atoms with Crippen molar-refractivity contribution in [2.75, 3.05) is 19.8 Å². The molecule has 0 aliphatic carbocycles. The molecule has 0 aromatic rings. The summed E-state index contributed by atoms with van der Waals surface area (Å²) in [6.45, 7) is 4.59. The van der Waals surface area contributed by atoms with Gasteiger partial charge in [0.15, 0.2) is 0 Å². The van der Waals surface area contributed by atoms with Gasteiger partial charge >= 0.3 is 16.6 Å². The lowest BCUT2D eigenvalue weighted by atomic mass is 10.4. The lowest BCUT2D eigenvalue weighted by Gasteiger charge is -2.01. The summed E-state index contributed by atoms with van der Waals surface area (Å²) in [5, 5.41) is 0. The van der Waals surface area contributed by atoms with Crippen LogP contribution in [0.4, 0.5) is 0 Å². The molecule has 0 radical (unpaired) electrons. The van der Waals surface area contributed by atoms with Gasteiger partial charge in [-0.25, -0.2) is 0 Å². The van der Waals surface area contributed by atoms with Crippen LogP contribution < -0.4 is 0 Å². The second kappa shape index (κ2) is 8.45. The maximum absolute atomic E-state index is 5.21. The first-order valence-electron chi connectivity index (χ1n) is 3.48. The first-order chi connectivity index (χ1) is 4.41. The summed E-state index contributed by atoms with van der Waals surface area (Å²) in [5.74, 6) is 0. The number of hydrogen-bond donors (Lipinski definition) is 0. The molecule has 0 aromatic carbocycles. The smallest absolute Gasteiger partial charge is 0.410 e. The van der Waals surface area contributed by atoms with E-state index in [1.807, 2.05) is 0 Å². The standard InChI is InChI=1S/C6H13O2.Al.2H/c1-2-3-5-8-6-4-7;;;/h2-6H2,1H3;;;/q-1;+1;;. The van der Waals surface area contributed by atoms with E-state index >= 15 is 0 Å². The van der Waals surface area contributed by atoms with Crippen molar-refractivity contribution in [2.45, 2.75) is 19.8 Å². The van der Waals surface area contributed by atoms with Crippen molar-refractivity contribution in [3.63, 3.8) is 0 Å². The molecule has 0 heterocycles. The Morgan fingerprint density at radius 3 is 2.56 bits per heavy atom. The van der Waals surface area contributed by atoms with E-state index in [2.05, 4.69) is 6.92 Å². The van der Waals surface area contributed by atoms with Crippen molar-refractivity contribution in [3.05, 3.63) is 0 Å². The van der Waals surface area contributed by atoms with E-state index in [0.717, 1.165) is 36.4 Å². The van der Waals surface area contributed by atoms with E-state index < -0.39 is 0 Å². The molecule has 0 aliphatic heterocycles. The Hall–Kier alpha value is 0.452. The fraction of sp³-hybridized carbons (Fsp3) is 1.00. The molecule has 0 amide bonds. The average molecular weight is 146 g/mol. The molecular formula is C6H15AlO2. The third-order valence-corrected chi connectivity index (χ3v) is 1.48. The molecule has 0 saturated carbocycles. The van der Waals surface area contributed by atoms with Gasteiger partial charge < -0.3 is 8.53 Å². The second-order valence-corrected chi connectivity index (χ2v) is 2.54. The molecule has 9 heavy (non-hydrogen) atoms. The minimum absolute atomic E-state index is 0.767. The third-order valence-electron chi connectivity index (χ3n) is 1.07. The molecule has 0 fully saturated rings. The highest BCUT2D eigenvalue weighted by atomic mass is 27.1. The number of unbranched alkanes of at least 4 members (excludes halogenated alkanes) is 1. The van der Waals surface area contributed by atoms with E-state index in [0.29, 0.717) is 0 Å². The number of rotatable bonds is 6. The van der Waals surface area contributed by atoms with Crippen LogP contribution in [0.25, 0.3) is 0 Å². The highest BCUT2D eigenvalue weighted by Crippen LogP contribution is 1.86. The lowest BCUT2D eigenvalue weighted by Crippen LogP contribution is -2.02. The molecular weight excluding hydrogens is 131 g/mol. The number of ether oxygens (including phenoxy) is 1. The zero-order chi connectivity index (χ0) is 6.95. The van der Waals surface area contributed by atoms with E-state index in [1.54, 1.807) is 0 Å². The van der Waals surface area contributed by atoms with Gasteiger partial charge in [0.2, 0.25) is 0 Å². The van der Waals surface area contributed by atoms with Crippen molar-refractivity contribution in [1.29, 1.82) is 0 Å². The van der Waals surface area contributed by atoms with E-state index in [4.69, 9.17) is 8.53 Å². The molecule has 0 saturated heterocycles. The molecule has 0 aromatic heterocycles. The fourth-order valence-corrected chi connectivity index (χ4v) is 0.657. The Bertz CT molecular complexity index is 44.3.